The molecule has 0 aromatic heterocycles. The maximum absolute atomic E-state index is 11.7. The van der Waals surface area contributed by atoms with Crippen LogP contribution in [0, 0.1) is 5.92 Å². The molecule has 0 fully saturated rings. The van der Waals surface area contributed by atoms with Gasteiger partial charge >= 0.3 is 0 Å². The largest absolute Gasteiger partial charge is 0.481 e. The molecule has 7 heteroatoms. The number of amides is 1. The first kappa shape index (κ1) is 16.5. The van der Waals surface area contributed by atoms with Crippen molar-refractivity contribution in [2.45, 2.75) is 31.8 Å². The number of benzene rings is 1. The molecule has 0 aliphatic rings. The van der Waals surface area contributed by atoms with E-state index in [9.17, 15) is 13.2 Å². The molecule has 0 unspecified atom stereocenters. The van der Waals surface area contributed by atoms with Crippen LogP contribution >= 0.6 is 0 Å². The Morgan fingerprint density at radius 1 is 1.25 bits per heavy atom. The summed E-state index contributed by atoms with van der Waals surface area (Å²) in [6.07, 6.45) is -0.658. The molecule has 0 aliphatic carbocycles. The number of sulfonamides is 1. The molecule has 1 atom stereocenters. The van der Waals surface area contributed by atoms with Gasteiger partial charge in [0.2, 0.25) is 10.0 Å². The molecule has 0 bridgehead atoms. The van der Waals surface area contributed by atoms with Crippen LogP contribution in [-0.2, 0) is 14.8 Å². The van der Waals surface area contributed by atoms with E-state index in [0.717, 1.165) is 0 Å². The predicted octanol–water partition coefficient (Wildman–Crippen LogP) is 0.874. The highest BCUT2D eigenvalue weighted by molar-refractivity contribution is 7.89. The monoisotopic (exact) mass is 300 g/mol. The zero-order valence-corrected chi connectivity index (χ0v) is 12.6. The van der Waals surface area contributed by atoms with Crippen LogP contribution in [0.4, 0.5) is 0 Å². The SMILES string of the molecule is CC(C)CNC(=O)[C@@H](C)Oc1ccc(S(N)(=O)=O)cc1. The Kier molecular flexibility index (Phi) is 5.52. The third kappa shape index (κ3) is 5.18. The smallest absolute Gasteiger partial charge is 0.260 e. The van der Waals surface area contributed by atoms with E-state index in [1.807, 2.05) is 13.8 Å². The topological polar surface area (TPSA) is 98.5 Å². The Hall–Kier alpha value is -1.60. The summed E-state index contributed by atoms with van der Waals surface area (Å²) in [5.41, 5.74) is 0. The lowest BCUT2D eigenvalue weighted by Crippen LogP contribution is -2.38. The summed E-state index contributed by atoms with van der Waals surface area (Å²) in [5.74, 6) is 0.555. The van der Waals surface area contributed by atoms with Crippen molar-refractivity contribution in [1.29, 1.82) is 0 Å². The molecule has 0 radical (unpaired) electrons. The van der Waals surface area contributed by atoms with Crippen LogP contribution in [0.2, 0.25) is 0 Å². The number of hydrogen-bond acceptors (Lipinski definition) is 4. The molecule has 0 aliphatic heterocycles. The van der Waals surface area contributed by atoms with Crippen molar-refractivity contribution in [3.05, 3.63) is 24.3 Å². The Bertz CT molecular complexity index is 552. The zero-order valence-electron chi connectivity index (χ0n) is 11.8. The van der Waals surface area contributed by atoms with Crippen LogP contribution in [-0.4, -0.2) is 27.0 Å². The van der Waals surface area contributed by atoms with Crippen molar-refractivity contribution in [2.75, 3.05) is 6.54 Å². The van der Waals surface area contributed by atoms with Crippen molar-refractivity contribution in [3.63, 3.8) is 0 Å². The number of carbonyl (C=O) groups excluding carboxylic acids is 1. The summed E-state index contributed by atoms with van der Waals surface area (Å²) in [5, 5.41) is 7.75. The van der Waals surface area contributed by atoms with Crippen molar-refractivity contribution in [2.24, 2.45) is 11.1 Å². The fourth-order valence-electron chi connectivity index (χ4n) is 1.41. The van der Waals surface area contributed by atoms with Crippen molar-refractivity contribution in [1.82, 2.24) is 5.32 Å². The van der Waals surface area contributed by atoms with Crippen molar-refractivity contribution >= 4 is 15.9 Å². The van der Waals surface area contributed by atoms with Gasteiger partial charge in [0.15, 0.2) is 6.10 Å². The minimum atomic E-state index is -3.72. The van der Waals surface area contributed by atoms with E-state index in [2.05, 4.69) is 5.32 Å². The van der Waals surface area contributed by atoms with Crippen LogP contribution in [0.3, 0.4) is 0 Å². The highest BCUT2D eigenvalue weighted by atomic mass is 32.2. The Balaban J connectivity index is 2.62. The van der Waals surface area contributed by atoms with Gasteiger partial charge in [-0.05, 0) is 37.1 Å². The second kappa shape index (κ2) is 6.71. The first-order valence-corrected chi connectivity index (χ1v) is 7.82. The lowest BCUT2D eigenvalue weighted by molar-refractivity contribution is -0.127. The predicted molar refractivity (Wildman–Crippen MR) is 75.8 cm³/mol. The van der Waals surface area contributed by atoms with Gasteiger partial charge in [-0.3, -0.25) is 4.79 Å². The third-order valence-corrected chi connectivity index (χ3v) is 3.45. The van der Waals surface area contributed by atoms with Gasteiger partial charge in [-0.15, -0.1) is 0 Å². The van der Waals surface area contributed by atoms with Crippen LogP contribution in [0.1, 0.15) is 20.8 Å². The van der Waals surface area contributed by atoms with Gasteiger partial charge in [-0.25, -0.2) is 13.6 Å². The molecule has 6 nitrogen and oxygen atoms in total. The van der Waals surface area contributed by atoms with Crippen LogP contribution < -0.4 is 15.2 Å². The molecule has 3 N–H and O–H groups in total. The lowest BCUT2D eigenvalue weighted by Gasteiger charge is -2.15. The third-order valence-electron chi connectivity index (χ3n) is 2.52. The number of rotatable bonds is 6. The summed E-state index contributed by atoms with van der Waals surface area (Å²) < 4.78 is 27.6. The molecule has 20 heavy (non-hydrogen) atoms. The average Bonchev–Trinajstić information content (AvgIpc) is 2.35. The molecule has 0 spiro atoms. The van der Waals surface area contributed by atoms with Gasteiger partial charge in [0.25, 0.3) is 5.91 Å². The quantitative estimate of drug-likeness (QED) is 0.814. The minimum absolute atomic E-state index is 0.00163. The normalized spacial score (nSPS) is 13.1. The van der Waals surface area contributed by atoms with Gasteiger partial charge < -0.3 is 10.1 Å². The number of nitrogens with two attached hydrogens (primary N) is 1. The summed E-state index contributed by atoms with van der Waals surface area (Å²) in [6, 6.07) is 5.60. The van der Waals surface area contributed by atoms with E-state index in [0.29, 0.717) is 18.2 Å². The second-order valence-electron chi connectivity index (χ2n) is 4.92. The number of nitrogens with one attached hydrogen (secondary N) is 1. The van der Waals surface area contributed by atoms with Crippen molar-refractivity contribution < 1.29 is 17.9 Å². The van der Waals surface area contributed by atoms with Gasteiger partial charge in [0.05, 0.1) is 4.90 Å². The first-order chi connectivity index (χ1) is 9.20. The molecule has 1 aromatic rings. The van der Waals surface area contributed by atoms with Gasteiger partial charge in [-0.2, -0.15) is 0 Å². The van der Waals surface area contributed by atoms with E-state index >= 15 is 0 Å². The van der Waals surface area contributed by atoms with E-state index in [4.69, 9.17) is 9.88 Å². The molecule has 0 heterocycles. The maximum atomic E-state index is 11.7. The first-order valence-electron chi connectivity index (χ1n) is 6.27. The van der Waals surface area contributed by atoms with Crippen LogP contribution in [0.15, 0.2) is 29.2 Å². The van der Waals surface area contributed by atoms with Gasteiger partial charge in [0, 0.05) is 6.54 Å². The van der Waals surface area contributed by atoms with Crippen LogP contribution in [0.25, 0.3) is 0 Å². The molecule has 0 saturated heterocycles. The Labute approximate surface area is 119 Å². The summed E-state index contributed by atoms with van der Waals surface area (Å²) >= 11 is 0. The van der Waals surface area contributed by atoms with E-state index in [1.165, 1.54) is 24.3 Å². The molecule has 1 amide bonds. The summed E-state index contributed by atoms with van der Waals surface area (Å²) in [4.78, 5) is 11.7. The number of hydrogen-bond donors (Lipinski definition) is 2. The fraction of sp³-hybridized carbons (Fsp3) is 0.462. The maximum Gasteiger partial charge on any atom is 0.260 e. The van der Waals surface area contributed by atoms with Crippen LogP contribution in [0.5, 0.6) is 5.75 Å². The number of primary sulfonamides is 1. The Morgan fingerprint density at radius 2 is 1.80 bits per heavy atom. The lowest BCUT2D eigenvalue weighted by atomic mass is 10.2. The highest BCUT2D eigenvalue weighted by Crippen LogP contribution is 2.16. The molecule has 0 saturated carbocycles. The molecular formula is C13H20N2O4S. The molecule has 1 rings (SSSR count). The Morgan fingerprint density at radius 3 is 2.25 bits per heavy atom. The van der Waals surface area contributed by atoms with Gasteiger partial charge in [-0.1, -0.05) is 13.8 Å². The fourth-order valence-corrected chi connectivity index (χ4v) is 1.93. The zero-order chi connectivity index (χ0) is 15.3. The van der Waals surface area contributed by atoms with E-state index < -0.39 is 16.1 Å². The molecule has 112 valence electrons. The molecule has 1 aromatic carbocycles. The minimum Gasteiger partial charge on any atom is -0.481 e. The molecular weight excluding hydrogens is 280 g/mol. The summed E-state index contributed by atoms with van der Waals surface area (Å²) in [6.45, 7) is 6.20. The second-order valence-corrected chi connectivity index (χ2v) is 6.48. The number of carbonyl (C=O) groups is 1. The van der Waals surface area contributed by atoms with E-state index in [-0.39, 0.29) is 10.8 Å². The number of ether oxygens (including phenoxy) is 1. The highest BCUT2D eigenvalue weighted by Gasteiger charge is 2.15. The van der Waals surface area contributed by atoms with E-state index in [1.54, 1.807) is 6.92 Å². The average molecular weight is 300 g/mol. The van der Waals surface area contributed by atoms with Gasteiger partial charge in [0.1, 0.15) is 5.75 Å². The van der Waals surface area contributed by atoms with Crippen molar-refractivity contribution in [3.8, 4) is 5.75 Å². The standard InChI is InChI=1S/C13H20N2O4S/c1-9(2)8-15-13(16)10(3)19-11-4-6-12(7-5-11)20(14,17)18/h4-7,9-10H,8H2,1-3H3,(H,15,16)(H2,14,17,18)/t10-/m1/s1. The summed E-state index contributed by atoms with van der Waals surface area (Å²) in [7, 11) is -3.72.